The van der Waals surface area contributed by atoms with Gasteiger partial charge in [-0.05, 0) is 46.9 Å². The summed E-state index contributed by atoms with van der Waals surface area (Å²) in [5.41, 5.74) is 4.34. The number of aldehydes is 1. The fourth-order valence-corrected chi connectivity index (χ4v) is 2.23. The molecule has 1 aliphatic carbocycles. The number of benzene rings is 2. The topological polar surface area (TPSA) is 17.1 Å². The Kier molecular flexibility index (Phi) is 2.56. The molecule has 0 fully saturated rings. The molecule has 3 rings (SSSR count). The third-order valence-corrected chi connectivity index (χ3v) is 3.24. The largest absolute Gasteiger partial charge is 0.298 e. The molecule has 0 atom stereocenters. The molecule has 0 amide bonds. The highest BCUT2D eigenvalue weighted by molar-refractivity contribution is 5.78. The van der Waals surface area contributed by atoms with Gasteiger partial charge in [0.25, 0.3) is 0 Å². The zero-order chi connectivity index (χ0) is 12.5. The Balaban J connectivity index is 2.07. The van der Waals surface area contributed by atoms with Crippen molar-refractivity contribution in [2.24, 2.45) is 0 Å². The van der Waals surface area contributed by atoms with Gasteiger partial charge in [0.2, 0.25) is 0 Å². The number of fused-ring (bicyclic) bond motifs is 1. The maximum absolute atomic E-state index is 13.6. The van der Waals surface area contributed by atoms with Crippen molar-refractivity contribution in [2.75, 3.05) is 0 Å². The van der Waals surface area contributed by atoms with Crippen LogP contribution in [0.3, 0.4) is 0 Å². The Hall–Kier alpha value is -2.22. The van der Waals surface area contributed by atoms with Crippen LogP contribution in [0.25, 0.3) is 17.2 Å². The molecule has 0 heterocycles. The van der Waals surface area contributed by atoms with Gasteiger partial charge in [-0.25, -0.2) is 4.39 Å². The lowest BCUT2D eigenvalue weighted by atomic mass is 9.99. The van der Waals surface area contributed by atoms with Crippen molar-refractivity contribution in [3.8, 4) is 11.1 Å². The van der Waals surface area contributed by atoms with Crippen LogP contribution in [0.4, 0.5) is 4.39 Å². The molecule has 0 saturated carbocycles. The predicted molar refractivity (Wildman–Crippen MR) is 70.0 cm³/mol. The number of allylic oxidation sites excluding steroid dienone is 1. The minimum absolute atomic E-state index is 0.0970. The van der Waals surface area contributed by atoms with Crippen LogP contribution in [0.2, 0.25) is 0 Å². The molecule has 0 saturated heterocycles. The lowest BCUT2D eigenvalue weighted by Crippen LogP contribution is -1.89. The van der Waals surface area contributed by atoms with Crippen molar-refractivity contribution in [2.45, 2.75) is 6.42 Å². The van der Waals surface area contributed by atoms with Crippen LogP contribution in [-0.2, 0) is 6.42 Å². The summed E-state index contributed by atoms with van der Waals surface area (Å²) in [5, 5.41) is 0. The van der Waals surface area contributed by atoms with Gasteiger partial charge < -0.3 is 0 Å². The van der Waals surface area contributed by atoms with E-state index in [-0.39, 0.29) is 5.56 Å². The Morgan fingerprint density at radius 3 is 2.61 bits per heavy atom. The fourth-order valence-electron chi connectivity index (χ4n) is 2.23. The molecular weight excluding hydrogens is 227 g/mol. The van der Waals surface area contributed by atoms with E-state index in [2.05, 4.69) is 18.2 Å². The lowest BCUT2D eigenvalue weighted by molar-refractivity contribution is 0.112. The zero-order valence-electron chi connectivity index (χ0n) is 9.69. The minimum atomic E-state index is -0.474. The maximum atomic E-state index is 13.6. The molecule has 0 aliphatic heterocycles. The smallest absolute Gasteiger partial charge is 0.152 e. The van der Waals surface area contributed by atoms with Crippen LogP contribution in [0.15, 0.2) is 42.5 Å². The Labute approximate surface area is 105 Å². The van der Waals surface area contributed by atoms with Crippen molar-refractivity contribution in [1.29, 1.82) is 0 Å². The standard InChI is InChI=1S/C16H11FO/c17-16-9-14(6-7-15(16)10-18)13-5-4-11-2-1-3-12(11)8-13/h1,3-10H,2H2. The monoisotopic (exact) mass is 238 g/mol. The lowest BCUT2D eigenvalue weighted by Gasteiger charge is -2.06. The van der Waals surface area contributed by atoms with Gasteiger partial charge in [0.15, 0.2) is 6.29 Å². The first-order valence-electron chi connectivity index (χ1n) is 5.82. The van der Waals surface area contributed by atoms with Gasteiger partial charge >= 0.3 is 0 Å². The molecule has 1 aliphatic rings. The number of hydrogen-bond donors (Lipinski definition) is 0. The van der Waals surface area contributed by atoms with Crippen LogP contribution in [0.5, 0.6) is 0 Å². The summed E-state index contributed by atoms with van der Waals surface area (Å²) in [6, 6.07) is 10.8. The molecule has 0 bridgehead atoms. The Bertz CT molecular complexity index is 656. The number of carbonyl (C=O) groups excluding carboxylic acids is 1. The predicted octanol–water partition coefficient (Wildman–Crippen LogP) is 3.87. The molecule has 2 aromatic carbocycles. The highest BCUT2D eigenvalue weighted by Gasteiger charge is 2.08. The molecular formula is C16H11FO. The second kappa shape index (κ2) is 4.22. The molecule has 1 nitrogen and oxygen atoms in total. The quantitative estimate of drug-likeness (QED) is 0.726. The molecule has 0 unspecified atom stereocenters. The average Bonchev–Trinajstić information content (AvgIpc) is 2.85. The van der Waals surface area contributed by atoms with Gasteiger partial charge in [-0.2, -0.15) is 0 Å². The number of rotatable bonds is 2. The molecule has 0 N–H and O–H groups in total. The van der Waals surface area contributed by atoms with Crippen molar-refractivity contribution in [3.63, 3.8) is 0 Å². The third-order valence-electron chi connectivity index (χ3n) is 3.24. The molecule has 0 radical (unpaired) electrons. The fraction of sp³-hybridized carbons (Fsp3) is 0.0625. The number of carbonyl (C=O) groups is 1. The molecule has 88 valence electrons. The van der Waals surface area contributed by atoms with Crippen LogP contribution < -0.4 is 0 Å². The Morgan fingerprint density at radius 1 is 1.06 bits per heavy atom. The molecule has 18 heavy (non-hydrogen) atoms. The van der Waals surface area contributed by atoms with E-state index in [0.29, 0.717) is 6.29 Å². The van der Waals surface area contributed by atoms with Gasteiger partial charge in [0, 0.05) is 0 Å². The van der Waals surface area contributed by atoms with E-state index in [4.69, 9.17) is 0 Å². The van der Waals surface area contributed by atoms with E-state index in [1.54, 1.807) is 6.07 Å². The summed E-state index contributed by atoms with van der Waals surface area (Å²) in [7, 11) is 0. The summed E-state index contributed by atoms with van der Waals surface area (Å²) in [6.07, 6.45) is 5.69. The van der Waals surface area contributed by atoms with E-state index in [0.717, 1.165) is 17.5 Å². The van der Waals surface area contributed by atoms with Crippen molar-refractivity contribution >= 4 is 12.4 Å². The minimum Gasteiger partial charge on any atom is -0.298 e. The van der Waals surface area contributed by atoms with E-state index in [1.165, 1.54) is 23.3 Å². The normalized spacial score (nSPS) is 12.5. The molecule has 0 spiro atoms. The second-order valence-electron chi connectivity index (χ2n) is 4.37. The van der Waals surface area contributed by atoms with Crippen LogP contribution in [-0.4, -0.2) is 6.29 Å². The van der Waals surface area contributed by atoms with Crippen LogP contribution >= 0.6 is 0 Å². The van der Waals surface area contributed by atoms with Gasteiger partial charge in [-0.3, -0.25) is 4.79 Å². The third kappa shape index (κ3) is 1.76. The Morgan fingerprint density at radius 2 is 1.83 bits per heavy atom. The van der Waals surface area contributed by atoms with Crippen LogP contribution in [0, 0.1) is 5.82 Å². The van der Waals surface area contributed by atoms with Gasteiger partial charge in [-0.1, -0.05) is 30.4 Å². The summed E-state index contributed by atoms with van der Waals surface area (Å²) >= 11 is 0. The van der Waals surface area contributed by atoms with Crippen molar-refractivity contribution in [3.05, 3.63) is 65.0 Å². The summed E-state index contributed by atoms with van der Waals surface area (Å²) in [6.45, 7) is 0. The SMILES string of the molecule is O=Cc1ccc(-c2ccc3c(c2)C=CC3)cc1F. The van der Waals surface area contributed by atoms with E-state index < -0.39 is 5.82 Å². The number of halogens is 1. The van der Waals surface area contributed by atoms with Crippen molar-refractivity contribution in [1.82, 2.24) is 0 Å². The molecule has 2 heteroatoms. The van der Waals surface area contributed by atoms with Gasteiger partial charge in [-0.15, -0.1) is 0 Å². The maximum Gasteiger partial charge on any atom is 0.152 e. The first kappa shape index (κ1) is 10.9. The van der Waals surface area contributed by atoms with E-state index in [9.17, 15) is 9.18 Å². The van der Waals surface area contributed by atoms with Gasteiger partial charge in [0.1, 0.15) is 5.82 Å². The highest BCUT2D eigenvalue weighted by Crippen LogP contribution is 2.27. The summed E-state index contributed by atoms with van der Waals surface area (Å²) < 4.78 is 13.6. The first-order chi connectivity index (χ1) is 8.78. The first-order valence-corrected chi connectivity index (χ1v) is 5.82. The summed E-state index contributed by atoms with van der Waals surface area (Å²) in [5.74, 6) is -0.474. The van der Waals surface area contributed by atoms with Gasteiger partial charge in [0.05, 0.1) is 5.56 Å². The van der Waals surface area contributed by atoms with E-state index in [1.807, 2.05) is 12.1 Å². The van der Waals surface area contributed by atoms with E-state index >= 15 is 0 Å². The highest BCUT2D eigenvalue weighted by atomic mass is 19.1. The summed E-state index contributed by atoms with van der Waals surface area (Å²) in [4.78, 5) is 10.6. The molecule has 2 aromatic rings. The van der Waals surface area contributed by atoms with Crippen molar-refractivity contribution < 1.29 is 9.18 Å². The molecule has 0 aromatic heterocycles. The average molecular weight is 238 g/mol. The second-order valence-corrected chi connectivity index (χ2v) is 4.37. The zero-order valence-corrected chi connectivity index (χ0v) is 9.69. The van der Waals surface area contributed by atoms with Crippen LogP contribution in [0.1, 0.15) is 21.5 Å². The number of hydrogen-bond acceptors (Lipinski definition) is 1.